The number of morpholine rings is 1. The third kappa shape index (κ3) is 5.77. The van der Waals surface area contributed by atoms with Gasteiger partial charge in [-0.3, -0.25) is 9.69 Å². The van der Waals surface area contributed by atoms with E-state index in [1.54, 1.807) is 0 Å². The molecule has 0 bridgehead atoms. The number of nitrogens with one attached hydrogen (secondary N) is 1. The van der Waals surface area contributed by atoms with Gasteiger partial charge >= 0.3 is 0 Å². The second-order valence-electron chi connectivity index (χ2n) is 6.70. The number of hydrogen-bond donors (Lipinski definition) is 1. The highest BCUT2D eigenvalue weighted by atomic mass is 16.5. The van der Waals surface area contributed by atoms with Crippen LogP contribution in [0.1, 0.15) is 32.8 Å². The Balaban J connectivity index is 1.83. The number of hydrogen-bond acceptors (Lipinski definition) is 4. The highest BCUT2D eigenvalue weighted by Crippen LogP contribution is 2.27. The van der Waals surface area contributed by atoms with Gasteiger partial charge in [-0.05, 0) is 24.3 Å². The molecular formula is C18H27N3O2. The molecule has 1 amide bonds. The number of carbonyl (C=O) groups excluding carboxylic acids is 1. The van der Waals surface area contributed by atoms with E-state index in [-0.39, 0.29) is 11.3 Å². The molecule has 1 aliphatic rings. The van der Waals surface area contributed by atoms with Crippen molar-refractivity contribution in [1.29, 1.82) is 0 Å². The highest BCUT2D eigenvalue weighted by Gasteiger charge is 2.21. The highest BCUT2D eigenvalue weighted by molar-refractivity contribution is 5.85. The summed E-state index contributed by atoms with van der Waals surface area (Å²) in [4.78, 5) is 14.0. The average Bonchev–Trinajstić information content (AvgIpc) is 2.54. The van der Waals surface area contributed by atoms with Gasteiger partial charge in [-0.25, -0.2) is 5.43 Å². The summed E-state index contributed by atoms with van der Waals surface area (Å²) >= 11 is 0. The van der Waals surface area contributed by atoms with E-state index < -0.39 is 0 Å². The summed E-state index contributed by atoms with van der Waals surface area (Å²) in [6.07, 6.45) is 0.800. The van der Waals surface area contributed by atoms with E-state index in [9.17, 15) is 4.79 Å². The molecule has 0 aliphatic carbocycles. The fourth-order valence-electron chi connectivity index (χ4n) is 2.83. The fourth-order valence-corrected chi connectivity index (χ4v) is 2.83. The van der Waals surface area contributed by atoms with Crippen LogP contribution >= 0.6 is 0 Å². The Hall–Kier alpha value is -1.72. The molecule has 1 aliphatic heterocycles. The quantitative estimate of drug-likeness (QED) is 0.646. The van der Waals surface area contributed by atoms with Crippen LogP contribution in [0.3, 0.4) is 0 Å². The van der Waals surface area contributed by atoms with Gasteiger partial charge in [0.05, 0.1) is 19.8 Å². The molecule has 1 aromatic carbocycles. The Morgan fingerprint density at radius 2 is 1.91 bits per heavy atom. The van der Waals surface area contributed by atoms with Gasteiger partial charge in [0.1, 0.15) is 0 Å². The van der Waals surface area contributed by atoms with Crippen molar-refractivity contribution in [2.75, 3.05) is 32.8 Å². The summed E-state index contributed by atoms with van der Waals surface area (Å²) in [6.45, 7) is 9.71. The van der Waals surface area contributed by atoms with Gasteiger partial charge in [0.2, 0.25) is 0 Å². The summed E-state index contributed by atoms with van der Waals surface area (Å²) in [7, 11) is 0. The molecule has 0 aromatic heterocycles. The van der Waals surface area contributed by atoms with Crippen molar-refractivity contribution in [2.24, 2.45) is 5.10 Å². The molecule has 126 valence electrons. The molecule has 1 N–H and O–H groups in total. The lowest BCUT2D eigenvalue weighted by Gasteiger charge is -2.26. The summed E-state index contributed by atoms with van der Waals surface area (Å²) in [5, 5.41) is 4.26. The molecule has 0 spiro atoms. The van der Waals surface area contributed by atoms with Crippen LogP contribution in [0, 0.1) is 0 Å². The lowest BCUT2D eigenvalue weighted by atomic mass is 9.80. The Bertz CT molecular complexity index is 534. The first-order valence-electron chi connectivity index (χ1n) is 8.15. The number of nitrogens with zero attached hydrogens (tertiary/aromatic N) is 2. The maximum atomic E-state index is 12.0. The van der Waals surface area contributed by atoms with Gasteiger partial charge in [-0.2, -0.15) is 5.10 Å². The average molecular weight is 317 g/mol. The first kappa shape index (κ1) is 17.6. The predicted molar refractivity (Wildman–Crippen MR) is 92.6 cm³/mol. The Morgan fingerprint density at radius 3 is 2.57 bits per heavy atom. The molecule has 2 rings (SSSR count). The topological polar surface area (TPSA) is 53.9 Å². The van der Waals surface area contributed by atoms with Crippen molar-refractivity contribution in [3.05, 3.63) is 35.9 Å². The van der Waals surface area contributed by atoms with Crippen LogP contribution < -0.4 is 5.43 Å². The molecule has 1 heterocycles. The molecule has 23 heavy (non-hydrogen) atoms. The number of benzene rings is 1. The van der Waals surface area contributed by atoms with Crippen LogP contribution in [0.25, 0.3) is 0 Å². The first-order chi connectivity index (χ1) is 11.0. The number of ether oxygens (including phenoxy) is 1. The van der Waals surface area contributed by atoms with Gasteiger partial charge in [-0.15, -0.1) is 0 Å². The van der Waals surface area contributed by atoms with Crippen LogP contribution in [-0.4, -0.2) is 49.4 Å². The van der Waals surface area contributed by atoms with E-state index in [0.717, 1.165) is 25.2 Å². The van der Waals surface area contributed by atoms with Crippen LogP contribution in [0.5, 0.6) is 0 Å². The van der Waals surface area contributed by atoms with Crippen LogP contribution in [0.4, 0.5) is 0 Å². The van der Waals surface area contributed by atoms with Crippen LogP contribution in [0.2, 0.25) is 0 Å². The maximum Gasteiger partial charge on any atom is 0.254 e. The third-order valence-electron chi connectivity index (χ3n) is 4.10. The molecule has 0 unspecified atom stereocenters. The SMILES string of the molecule is C/C(CC(C)(C)c1ccccc1)=N/NC(=O)CN1CCOCC1. The molecule has 5 heteroatoms. The monoisotopic (exact) mass is 317 g/mol. The molecule has 1 saturated heterocycles. The minimum Gasteiger partial charge on any atom is -0.379 e. The molecule has 0 radical (unpaired) electrons. The fraction of sp³-hybridized carbons (Fsp3) is 0.556. The molecule has 0 saturated carbocycles. The zero-order chi connectivity index (χ0) is 16.7. The third-order valence-corrected chi connectivity index (χ3v) is 4.10. The molecule has 5 nitrogen and oxygen atoms in total. The lowest BCUT2D eigenvalue weighted by Crippen LogP contribution is -2.42. The largest absolute Gasteiger partial charge is 0.379 e. The van der Waals surface area contributed by atoms with Crippen molar-refractivity contribution in [1.82, 2.24) is 10.3 Å². The van der Waals surface area contributed by atoms with Crippen molar-refractivity contribution >= 4 is 11.6 Å². The smallest absolute Gasteiger partial charge is 0.254 e. The van der Waals surface area contributed by atoms with Crippen LogP contribution in [-0.2, 0) is 14.9 Å². The Kier molecular flexibility index (Phi) is 6.30. The minimum atomic E-state index is -0.0660. The maximum absolute atomic E-state index is 12.0. The second kappa shape index (κ2) is 8.22. The molecule has 1 aromatic rings. The number of hydrazone groups is 1. The molecular weight excluding hydrogens is 290 g/mol. The summed E-state index contributed by atoms with van der Waals surface area (Å²) in [5.74, 6) is -0.0660. The summed E-state index contributed by atoms with van der Waals surface area (Å²) in [6, 6.07) is 10.4. The molecule has 0 atom stereocenters. The zero-order valence-electron chi connectivity index (χ0n) is 14.3. The van der Waals surface area contributed by atoms with E-state index in [4.69, 9.17) is 4.74 Å². The van der Waals surface area contributed by atoms with Crippen molar-refractivity contribution in [3.63, 3.8) is 0 Å². The van der Waals surface area contributed by atoms with Gasteiger partial charge in [-0.1, -0.05) is 44.2 Å². The summed E-state index contributed by atoms with van der Waals surface area (Å²) < 4.78 is 5.28. The van der Waals surface area contributed by atoms with Crippen molar-refractivity contribution in [2.45, 2.75) is 32.6 Å². The van der Waals surface area contributed by atoms with Crippen LogP contribution in [0.15, 0.2) is 35.4 Å². The van der Waals surface area contributed by atoms with E-state index in [0.29, 0.717) is 19.8 Å². The van der Waals surface area contributed by atoms with Crippen molar-refractivity contribution in [3.8, 4) is 0 Å². The first-order valence-corrected chi connectivity index (χ1v) is 8.15. The number of carbonyl (C=O) groups is 1. The number of amides is 1. The van der Waals surface area contributed by atoms with Gasteiger partial charge in [0.15, 0.2) is 0 Å². The van der Waals surface area contributed by atoms with Gasteiger partial charge < -0.3 is 4.74 Å². The standard InChI is InChI=1S/C18H27N3O2/c1-15(13-18(2,3)16-7-5-4-6-8-16)19-20-17(22)14-21-9-11-23-12-10-21/h4-8H,9-14H2,1-3H3,(H,20,22)/b19-15-. The van der Waals surface area contributed by atoms with E-state index >= 15 is 0 Å². The molecule has 1 fully saturated rings. The number of rotatable bonds is 6. The second-order valence-corrected chi connectivity index (χ2v) is 6.70. The van der Waals surface area contributed by atoms with Gasteiger partial charge in [0.25, 0.3) is 5.91 Å². The minimum absolute atomic E-state index is 0.0101. The van der Waals surface area contributed by atoms with Gasteiger partial charge in [0, 0.05) is 18.8 Å². The van der Waals surface area contributed by atoms with E-state index in [2.05, 4.69) is 41.4 Å². The Labute approximate surface area is 138 Å². The van der Waals surface area contributed by atoms with Crippen molar-refractivity contribution < 1.29 is 9.53 Å². The predicted octanol–water partition coefficient (Wildman–Crippen LogP) is 2.18. The zero-order valence-corrected chi connectivity index (χ0v) is 14.3. The Morgan fingerprint density at radius 1 is 1.26 bits per heavy atom. The van der Waals surface area contributed by atoms with E-state index in [1.165, 1.54) is 5.56 Å². The summed E-state index contributed by atoms with van der Waals surface area (Å²) in [5.41, 5.74) is 4.86. The lowest BCUT2D eigenvalue weighted by molar-refractivity contribution is -0.123. The van der Waals surface area contributed by atoms with E-state index in [1.807, 2.05) is 25.1 Å². The normalized spacial score (nSPS) is 17.1.